The van der Waals surface area contributed by atoms with Crippen LogP contribution in [0.25, 0.3) is 11.1 Å². The summed E-state index contributed by atoms with van der Waals surface area (Å²) in [5.74, 6) is -2.24. The minimum Gasteiger partial charge on any atom is -0.490 e. The second-order valence-electron chi connectivity index (χ2n) is 6.97. The molecule has 0 radical (unpaired) electrons. The van der Waals surface area contributed by atoms with Crippen LogP contribution in [0.5, 0.6) is 11.5 Å². The van der Waals surface area contributed by atoms with E-state index in [1.807, 2.05) is 0 Å². The van der Waals surface area contributed by atoms with E-state index in [0.29, 0.717) is 12.2 Å². The van der Waals surface area contributed by atoms with Crippen LogP contribution in [0, 0.1) is 11.6 Å². The van der Waals surface area contributed by atoms with Crippen LogP contribution in [0.1, 0.15) is 58.3 Å². The highest BCUT2D eigenvalue weighted by Gasteiger charge is 2.16. The molecule has 2 aromatic carbocycles. The van der Waals surface area contributed by atoms with Crippen molar-refractivity contribution < 1.29 is 27.0 Å². The van der Waals surface area contributed by atoms with Gasteiger partial charge in [0.1, 0.15) is 5.75 Å². The Balaban J connectivity index is 1.84. The van der Waals surface area contributed by atoms with Gasteiger partial charge in [0.15, 0.2) is 11.6 Å². The third-order valence-electron chi connectivity index (χ3n) is 4.69. The van der Waals surface area contributed by atoms with Crippen molar-refractivity contribution in [2.75, 3.05) is 6.61 Å². The number of hydrogen-bond acceptors (Lipinski definition) is 2. The van der Waals surface area contributed by atoms with Gasteiger partial charge in [-0.15, -0.1) is 0 Å². The highest BCUT2D eigenvalue weighted by molar-refractivity contribution is 5.66. The predicted molar refractivity (Wildman–Crippen MR) is 107 cm³/mol. The van der Waals surface area contributed by atoms with Gasteiger partial charge in [0.25, 0.3) is 0 Å². The number of hydrogen-bond donors (Lipinski definition) is 0. The first-order valence-corrected chi connectivity index (χ1v) is 10.2. The Morgan fingerprint density at radius 3 is 2.00 bits per heavy atom. The van der Waals surface area contributed by atoms with E-state index in [4.69, 9.17) is 4.74 Å². The molecule has 0 amide bonds. The van der Waals surface area contributed by atoms with E-state index >= 15 is 0 Å². The van der Waals surface area contributed by atoms with Gasteiger partial charge < -0.3 is 9.47 Å². The minimum atomic E-state index is -2.94. The molecule has 0 bridgehead atoms. The Morgan fingerprint density at radius 2 is 1.38 bits per heavy atom. The summed E-state index contributed by atoms with van der Waals surface area (Å²) in [7, 11) is 0. The fourth-order valence-electron chi connectivity index (χ4n) is 3.10. The second kappa shape index (κ2) is 12.3. The SMILES string of the molecule is CCCCCCCCCCOc1ccc(-c2ccc(OC(F)F)cc2)c(F)c1F. The van der Waals surface area contributed by atoms with Crippen molar-refractivity contribution >= 4 is 0 Å². The highest BCUT2D eigenvalue weighted by atomic mass is 19.3. The average molecular weight is 412 g/mol. The molecule has 29 heavy (non-hydrogen) atoms. The van der Waals surface area contributed by atoms with E-state index in [0.717, 1.165) is 19.3 Å². The normalized spacial score (nSPS) is 11.1. The van der Waals surface area contributed by atoms with Gasteiger partial charge in [0, 0.05) is 5.56 Å². The van der Waals surface area contributed by atoms with Gasteiger partial charge in [-0.25, -0.2) is 4.39 Å². The number of halogens is 4. The summed E-state index contributed by atoms with van der Waals surface area (Å²) >= 11 is 0. The summed E-state index contributed by atoms with van der Waals surface area (Å²) in [6.45, 7) is -0.412. The number of benzene rings is 2. The molecule has 2 nitrogen and oxygen atoms in total. The van der Waals surface area contributed by atoms with Gasteiger partial charge in [0.05, 0.1) is 6.61 Å². The van der Waals surface area contributed by atoms with E-state index in [9.17, 15) is 17.6 Å². The highest BCUT2D eigenvalue weighted by Crippen LogP contribution is 2.31. The predicted octanol–water partition coefficient (Wildman–Crippen LogP) is 7.75. The number of alkyl halides is 2. The molecule has 0 aliphatic carbocycles. The van der Waals surface area contributed by atoms with Crippen LogP contribution in [0.2, 0.25) is 0 Å². The Morgan fingerprint density at radius 1 is 0.759 bits per heavy atom. The molecule has 0 aromatic heterocycles. The van der Waals surface area contributed by atoms with E-state index in [2.05, 4.69) is 11.7 Å². The smallest absolute Gasteiger partial charge is 0.387 e. The van der Waals surface area contributed by atoms with Crippen LogP contribution in [0.3, 0.4) is 0 Å². The van der Waals surface area contributed by atoms with Crippen LogP contribution in [-0.2, 0) is 0 Å². The van der Waals surface area contributed by atoms with Crippen molar-refractivity contribution in [2.24, 2.45) is 0 Å². The van der Waals surface area contributed by atoms with Crippen molar-refractivity contribution in [3.8, 4) is 22.6 Å². The molecule has 0 atom stereocenters. The van der Waals surface area contributed by atoms with Crippen molar-refractivity contribution in [3.63, 3.8) is 0 Å². The molecule has 0 saturated heterocycles. The van der Waals surface area contributed by atoms with Crippen LogP contribution in [-0.4, -0.2) is 13.2 Å². The molecular weight excluding hydrogens is 384 g/mol. The fraction of sp³-hybridized carbons (Fsp3) is 0.478. The van der Waals surface area contributed by atoms with Gasteiger partial charge in [-0.3, -0.25) is 0 Å². The Bertz CT molecular complexity index is 732. The summed E-state index contributed by atoms with van der Waals surface area (Å²) in [6.07, 6.45) is 9.12. The van der Waals surface area contributed by atoms with Crippen LogP contribution >= 0.6 is 0 Å². The van der Waals surface area contributed by atoms with Gasteiger partial charge in [0.2, 0.25) is 5.82 Å². The van der Waals surface area contributed by atoms with Crippen molar-refractivity contribution in [1.29, 1.82) is 0 Å². The van der Waals surface area contributed by atoms with Crippen molar-refractivity contribution in [1.82, 2.24) is 0 Å². The zero-order valence-electron chi connectivity index (χ0n) is 16.7. The number of rotatable bonds is 13. The van der Waals surface area contributed by atoms with Crippen molar-refractivity contribution in [2.45, 2.75) is 64.9 Å². The number of unbranched alkanes of at least 4 members (excludes halogenated alkanes) is 7. The molecule has 0 N–H and O–H groups in total. The zero-order valence-corrected chi connectivity index (χ0v) is 16.7. The molecule has 0 unspecified atom stereocenters. The first-order valence-electron chi connectivity index (χ1n) is 10.2. The standard InChI is InChI=1S/C23H28F4O2/c1-2-3-4-5-6-7-8-9-16-28-20-15-14-19(21(24)22(20)25)17-10-12-18(13-11-17)29-23(26)27/h10-15,23H,2-9,16H2,1H3. The van der Waals surface area contributed by atoms with Crippen LogP contribution < -0.4 is 9.47 Å². The lowest BCUT2D eigenvalue weighted by Gasteiger charge is -2.11. The Labute approximate surface area is 169 Å². The van der Waals surface area contributed by atoms with Crippen molar-refractivity contribution in [3.05, 3.63) is 48.0 Å². The Hall–Kier alpha value is -2.24. The quantitative estimate of drug-likeness (QED) is 0.247. The first kappa shape index (κ1) is 23.0. The molecule has 0 heterocycles. The van der Waals surface area contributed by atoms with Gasteiger partial charge in [-0.05, 0) is 36.2 Å². The van der Waals surface area contributed by atoms with E-state index in [-0.39, 0.29) is 17.1 Å². The second-order valence-corrected chi connectivity index (χ2v) is 6.97. The molecule has 0 spiro atoms. The third kappa shape index (κ3) is 7.59. The lowest BCUT2D eigenvalue weighted by atomic mass is 10.0. The molecule has 0 aliphatic rings. The monoisotopic (exact) mass is 412 g/mol. The van der Waals surface area contributed by atoms with Crippen LogP contribution in [0.15, 0.2) is 36.4 Å². The number of ether oxygens (including phenoxy) is 2. The largest absolute Gasteiger partial charge is 0.490 e. The summed E-state index contributed by atoms with van der Waals surface area (Å²) in [5, 5.41) is 0. The fourth-order valence-corrected chi connectivity index (χ4v) is 3.10. The maximum Gasteiger partial charge on any atom is 0.387 e. The lowest BCUT2D eigenvalue weighted by Crippen LogP contribution is -2.02. The van der Waals surface area contributed by atoms with E-state index < -0.39 is 18.2 Å². The zero-order chi connectivity index (χ0) is 21.1. The molecule has 160 valence electrons. The van der Waals surface area contributed by atoms with Crippen LogP contribution in [0.4, 0.5) is 17.6 Å². The molecule has 2 aromatic rings. The molecule has 2 rings (SSSR count). The maximum absolute atomic E-state index is 14.4. The minimum absolute atomic E-state index is 0.0329. The Kier molecular flexibility index (Phi) is 9.81. The molecule has 0 saturated carbocycles. The maximum atomic E-state index is 14.4. The summed E-state index contributed by atoms with van der Waals surface area (Å²) < 4.78 is 62.8. The van der Waals surface area contributed by atoms with E-state index in [1.54, 1.807) is 0 Å². The lowest BCUT2D eigenvalue weighted by molar-refractivity contribution is -0.0498. The average Bonchev–Trinajstić information content (AvgIpc) is 2.70. The molecule has 0 aliphatic heterocycles. The summed E-state index contributed by atoms with van der Waals surface area (Å²) in [4.78, 5) is 0. The first-order chi connectivity index (χ1) is 14.0. The molecule has 0 fully saturated rings. The topological polar surface area (TPSA) is 18.5 Å². The van der Waals surface area contributed by atoms with E-state index in [1.165, 1.54) is 68.5 Å². The molecule has 6 heteroatoms. The van der Waals surface area contributed by atoms with Gasteiger partial charge in [-0.2, -0.15) is 13.2 Å². The van der Waals surface area contributed by atoms with Gasteiger partial charge in [-0.1, -0.05) is 64.0 Å². The third-order valence-corrected chi connectivity index (χ3v) is 4.69. The van der Waals surface area contributed by atoms with Gasteiger partial charge >= 0.3 is 6.61 Å². The summed E-state index contributed by atoms with van der Waals surface area (Å²) in [5.41, 5.74) is 0.392. The summed E-state index contributed by atoms with van der Waals surface area (Å²) in [6, 6.07) is 8.18. The molecular formula is C23H28F4O2.